The van der Waals surface area contributed by atoms with Crippen LogP contribution in [-0.2, 0) is 0 Å². The van der Waals surface area contributed by atoms with E-state index in [1.165, 1.54) is 43.0 Å². The van der Waals surface area contributed by atoms with Gasteiger partial charge in [0.05, 0.1) is 22.1 Å². The molecule has 316 valence electrons. The summed E-state index contributed by atoms with van der Waals surface area (Å²) in [6, 6.07) is 78.2. The van der Waals surface area contributed by atoms with Gasteiger partial charge in [0.1, 0.15) is 0 Å². The Balaban J connectivity index is 1.01. The average molecular weight is 868 g/mol. The molecule has 3 heterocycles. The fourth-order valence-corrected chi connectivity index (χ4v) is 10.5. The lowest BCUT2D eigenvalue weighted by Gasteiger charge is -2.25. The van der Waals surface area contributed by atoms with Gasteiger partial charge < -0.3 is 9.13 Å². The van der Waals surface area contributed by atoms with Crippen LogP contribution in [0.4, 0.5) is 0 Å². The summed E-state index contributed by atoms with van der Waals surface area (Å²) in [6.45, 7) is 0. The first-order chi connectivity index (χ1) is 32.4. The van der Waals surface area contributed by atoms with Crippen molar-refractivity contribution in [2.24, 2.45) is 0 Å². The van der Waals surface area contributed by atoms with E-state index in [2.05, 4.69) is 186 Å². The summed E-state index contributed by atoms with van der Waals surface area (Å²) in [4.78, 5) is 16.5. The van der Waals surface area contributed by atoms with Gasteiger partial charge in [-0.15, -0.1) is 0 Å². The van der Waals surface area contributed by atoms with Crippen molar-refractivity contribution in [1.29, 1.82) is 0 Å². The van der Waals surface area contributed by atoms with Gasteiger partial charge in [-0.3, -0.25) is 0 Å². The minimum atomic E-state index is -0.933. The van der Waals surface area contributed by atoms with Crippen LogP contribution in [0.3, 0.4) is 0 Å². The molecule has 66 heavy (non-hydrogen) atoms. The Labute approximate surface area is 385 Å². The Morgan fingerprint density at radius 1 is 0.318 bits per heavy atom. The lowest BCUT2D eigenvalue weighted by Crippen LogP contribution is -2.00. The predicted octanol–water partition coefficient (Wildman–Crippen LogP) is 15.5. The zero-order chi connectivity index (χ0) is 44.4. The molecule has 0 radical (unpaired) electrons. The van der Waals surface area contributed by atoms with E-state index in [0.29, 0.717) is 17.5 Å². The highest BCUT2D eigenvalue weighted by Gasteiger charge is 2.20. The lowest BCUT2D eigenvalue weighted by atomic mass is 9.99. The van der Waals surface area contributed by atoms with Gasteiger partial charge in [0, 0.05) is 55.2 Å². The van der Waals surface area contributed by atoms with Crippen LogP contribution in [-0.4, -0.2) is 42.9 Å². The van der Waals surface area contributed by atoms with E-state index in [4.69, 9.17) is 15.0 Å². The van der Waals surface area contributed by atoms with Crippen LogP contribution in [0, 0.1) is 0 Å². The molecule has 0 saturated carbocycles. The number of rotatable bonds is 8. The molecule has 0 spiro atoms. The van der Waals surface area contributed by atoms with Gasteiger partial charge in [-0.25, -0.2) is 25.0 Å². The van der Waals surface area contributed by atoms with Crippen molar-refractivity contribution >= 4 is 53.6 Å². The zero-order valence-electron chi connectivity index (χ0n) is 36.9. The van der Waals surface area contributed by atoms with Gasteiger partial charge in [0.15, 0.2) is 17.5 Å². The summed E-state index contributed by atoms with van der Waals surface area (Å²) in [5.41, 5.74) is 14.4. The van der Waals surface area contributed by atoms with Crippen molar-refractivity contribution in [1.82, 2.24) is 24.1 Å². The minimum absolute atomic E-state index is 0.629. The molecule has 0 unspecified atom stereocenters. The Hall–Kier alpha value is -8.06. The van der Waals surface area contributed by atoms with E-state index in [1.807, 2.05) is 60.7 Å². The molecule has 0 N–H and O–H groups in total. The number of fused-ring (bicyclic) bond motifs is 6. The smallest absolute Gasteiger partial charge is 0.164 e. The molecule has 9 aromatic carbocycles. The van der Waals surface area contributed by atoms with Crippen molar-refractivity contribution < 1.29 is 0 Å². The van der Waals surface area contributed by atoms with E-state index in [1.54, 1.807) is 0 Å². The maximum absolute atomic E-state index is 5.07. The predicted molar refractivity (Wildman–Crippen MR) is 279 cm³/mol. The molecule has 3 aromatic heterocycles. The number of hydrogen-bond acceptors (Lipinski definition) is 3. The van der Waals surface area contributed by atoms with Crippen LogP contribution >= 0.6 is 10.0 Å². The summed E-state index contributed by atoms with van der Waals surface area (Å²) in [5.74, 6) is 1.91. The highest BCUT2D eigenvalue weighted by molar-refractivity contribution is 8.32. The normalized spacial score (nSPS) is 12.1. The van der Waals surface area contributed by atoms with Crippen LogP contribution in [0.1, 0.15) is 0 Å². The third-order valence-electron chi connectivity index (χ3n) is 12.7. The topological polar surface area (TPSA) is 48.5 Å². The van der Waals surface area contributed by atoms with Crippen molar-refractivity contribution in [3.63, 3.8) is 0 Å². The second-order valence-electron chi connectivity index (χ2n) is 17.6. The van der Waals surface area contributed by atoms with Crippen molar-refractivity contribution in [2.75, 3.05) is 18.8 Å². The molecule has 0 atom stereocenters. The van der Waals surface area contributed by atoms with E-state index in [0.717, 1.165) is 55.8 Å². The molecule has 5 nitrogen and oxygen atoms in total. The molecule has 0 aliphatic carbocycles. The quantitative estimate of drug-likeness (QED) is 0.153. The molecule has 0 amide bonds. The largest absolute Gasteiger partial charge is 0.309 e. The van der Waals surface area contributed by atoms with Gasteiger partial charge in [0.25, 0.3) is 0 Å². The van der Waals surface area contributed by atoms with Crippen LogP contribution in [0.2, 0.25) is 0 Å². The van der Waals surface area contributed by atoms with Gasteiger partial charge >= 0.3 is 0 Å². The lowest BCUT2D eigenvalue weighted by molar-refractivity contribution is 1.07. The van der Waals surface area contributed by atoms with Gasteiger partial charge in [-0.05, 0) is 107 Å². The molecule has 12 aromatic rings. The monoisotopic (exact) mass is 867 g/mol. The van der Waals surface area contributed by atoms with E-state index < -0.39 is 10.0 Å². The van der Waals surface area contributed by atoms with Crippen LogP contribution in [0.25, 0.3) is 111 Å². The standard InChI is InChI=1S/C60H45N5S/c1-66(2,3)48-33-35-56-53(39-48)52-38-43(32-34-55(52)64(56)46-25-11-6-12-26-46)42-22-16-27-47(37-42)65-54-31-14-13-28-50(54)51-30-17-29-49(57(51)65)44-23-15-24-45(36-44)60-62-58(40-18-7-4-8-19-40)61-59(63-60)41-20-9-5-10-21-41/h4-39H,1-3H3. The summed E-state index contributed by atoms with van der Waals surface area (Å²) >= 11 is 0. The third kappa shape index (κ3) is 6.86. The van der Waals surface area contributed by atoms with E-state index in [9.17, 15) is 0 Å². The average Bonchev–Trinajstić information content (AvgIpc) is 3.89. The fraction of sp³-hybridized carbons (Fsp3) is 0.0500. The van der Waals surface area contributed by atoms with Gasteiger partial charge in [0.2, 0.25) is 0 Å². The maximum Gasteiger partial charge on any atom is 0.164 e. The SMILES string of the molecule is CS(C)(C)c1ccc2c(c1)c1cc(-c3cccc(-n4c5ccccc5c5cccc(-c6cccc(-c7nc(-c8ccccc8)nc(-c8ccccc8)n7)c6)c54)c3)ccc1n2-c1ccccc1. The molecule has 0 saturated heterocycles. The highest BCUT2D eigenvalue weighted by atomic mass is 32.3. The highest BCUT2D eigenvalue weighted by Crippen LogP contribution is 2.48. The molecule has 0 fully saturated rings. The second-order valence-corrected chi connectivity index (χ2v) is 21.8. The van der Waals surface area contributed by atoms with Crippen molar-refractivity contribution in [3.8, 4) is 67.8 Å². The summed E-state index contributed by atoms with van der Waals surface area (Å²) < 4.78 is 4.85. The maximum atomic E-state index is 5.07. The third-order valence-corrected chi connectivity index (χ3v) is 14.4. The Morgan fingerprint density at radius 3 is 1.53 bits per heavy atom. The summed E-state index contributed by atoms with van der Waals surface area (Å²) in [6.07, 6.45) is 7.12. The molecular weight excluding hydrogens is 823 g/mol. The Morgan fingerprint density at radius 2 is 0.818 bits per heavy atom. The van der Waals surface area contributed by atoms with E-state index >= 15 is 0 Å². The number of benzene rings is 9. The second kappa shape index (κ2) is 15.9. The van der Waals surface area contributed by atoms with Crippen molar-refractivity contribution in [2.45, 2.75) is 4.90 Å². The minimum Gasteiger partial charge on any atom is -0.309 e. The Kier molecular flexibility index (Phi) is 9.51. The first-order valence-electron chi connectivity index (χ1n) is 22.3. The van der Waals surface area contributed by atoms with Crippen LogP contribution < -0.4 is 0 Å². The molecular formula is C60H45N5S. The fourth-order valence-electron chi connectivity index (χ4n) is 9.53. The van der Waals surface area contributed by atoms with Crippen LogP contribution in [0.15, 0.2) is 223 Å². The van der Waals surface area contributed by atoms with E-state index in [-0.39, 0.29) is 0 Å². The number of para-hydroxylation sites is 3. The first-order valence-corrected chi connectivity index (χ1v) is 25.1. The molecule has 6 heteroatoms. The Bertz CT molecular complexity index is 3730. The molecule has 0 aliphatic rings. The number of hydrogen-bond donors (Lipinski definition) is 0. The summed E-state index contributed by atoms with van der Waals surface area (Å²) in [5, 5.41) is 4.95. The van der Waals surface area contributed by atoms with Crippen molar-refractivity contribution in [3.05, 3.63) is 218 Å². The summed E-state index contributed by atoms with van der Waals surface area (Å²) in [7, 11) is -0.933. The van der Waals surface area contributed by atoms with Gasteiger partial charge in [-0.1, -0.05) is 152 Å². The molecule has 12 rings (SSSR count). The number of aromatic nitrogens is 5. The van der Waals surface area contributed by atoms with Gasteiger partial charge in [-0.2, -0.15) is 0 Å². The first kappa shape index (κ1) is 39.5. The molecule has 0 bridgehead atoms. The molecule has 0 aliphatic heterocycles. The van der Waals surface area contributed by atoms with Crippen LogP contribution in [0.5, 0.6) is 0 Å². The zero-order valence-corrected chi connectivity index (χ0v) is 37.7. The number of nitrogens with zero attached hydrogens (tertiary/aromatic N) is 5.